The van der Waals surface area contributed by atoms with Gasteiger partial charge in [0.25, 0.3) is 0 Å². The number of anilines is 6. The second-order valence-electron chi connectivity index (χ2n) is 19.0. The van der Waals surface area contributed by atoms with Crippen LogP contribution in [0, 0.1) is 27.7 Å². The number of aromatic nitrogens is 3. The zero-order chi connectivity index (χ0) is 49.4. The first-order valence-corrected chi connectivity index (χ1v) is 25.0. The van der Waals surface area contributed by atoms with Gasteiger partial charge in [0.2, 0.25) is 0 Å². The van der Waals surface area contributed by atoms with Crippen LogP contribution in [0.15, 0.2) is 249 Å². The summed E-state index contributed by atoms with van der Waals surface area (Å²) in [7, 11) is 0. The molecule has 0 atom stereocenters. The van der Waals surface area contributed by atoms with Crippen molar-refractivity contribution in [3.63, 3.8) is 0 Å². The minimum atomic E-state index is 0.719. The highest BCUT2D eigenvalue weighted by atomic mass is 15.1. The second kappa shape index (κ2) is 19.1. The summed E-state index contributed by atoms with van der Waals surface area (Å²) >= 11 is 0. The topological polar surface area (TPSA) is 37.2 Å². The van der Waals surface area contributed by atoms with Gasteiger partial charge in [-0.25, -0.2) is 9.97 Å². The molecule has 12 rings (SSSR count). The lowest BCUT2D eigenvalue weighted by Gasteiger charge is -2.26. The summed E-state index contributed by atoms with van der Waals surface area (Å²) in [5.74, 6) is 0.719. The van der Waals surface area contributed by atoms with E-state index in [1.54, 1.807) is 0 Å². The molecule has 0 saturated carbocycles. The minimum absolute atomic E-state index is 0.719. The predicted molar refractivity (Wildman–Crippen MR) is 306 cm³/mol. The predicted octanol–water partition coefficient (Wildman–Crippen LogP) is 18.4. The summed E-state index contributed by atoms with van der Waals surface area (Å²) in [6.45, 7) is 8.62. The van der Waals surface area contributed by atoms with Gasteiger partial charge < -0.3 is 14.4 Å². The molecule has 350 valence electrons. The Labute approximate surface area is 427 Å². The van der Waals surface area contributed by atoms with Gasteiger partial charge in [0.05, 0.1) is 22.4 Å². The van der Waals surface area contributed by atoms with E-state index in [1.807, 2.05) is 0 Å². The van der Waals surface area contributed by atoms with Crippen LogP contribution in [0.3, 0.4) is 0 Å². The summed E-state index contributed by atoms with van der Waals surface area (Å²) < 4.78 is 2.42. The Hall–Kier alpha value is -9.32. The fourth-order valence-corrected chi connectivity index (χ4v) is 10.2. The lowest BCUT2D eigenvalue weighted by molar-refractivity contribution is 1.17. The monoisotopic (exact) mass is 939 g/mol. The zero-order valence-electron chi connectivity index (χ0n) is 41.4. The van der Waals surface area contributed by atoms with Crippen molar-refractivity contribution < 1.29 is 0 Å². The molecule has 0 aliphatic carbocycles. The number of fused-ring (bicyclic) bond motifs is 3. The van der Waals surface area contributed by atoms with E-state index in [-0.39, 0.29) is 0 Å². The van der Waals surface area contributed by atoms with Gasteiger partial charge in [-0.1, -0.05) is 151 Å². The van der Waals surface area contributed by atoms with Crippen LogP contribution in [-0.4, -0.2) is 14.5 Å². The molecule has 0 fully saturated rings. The van der Waals surface area contributed by atoms with E-state index in [9.17, 15) is 0 Å². The highest BCUT2D eigenvalue weighted by Crippen LogP contribution is 2.43. The summed E-state index contributed by atoms with van der Waals surface area (Å²) in [6.07, 6.45) is 0. The molecule has 0 unspecified atom stereocenters. The van der Waals surface area contributed by atoms with Crippen molar-refractivity contribution in [2.75, 3.05) is 9.80 Å². The standard InChI is InChI=1S/C68H53N5/c1-46-25-29-51(30-26-46)64-45-65(70-68(69-64)52-31-27-47(2)28-32-52)61-42-48(3)60(41-49(61)4)50-33-35-57(36-34-50)73-66-39-37-58(71(53-17-9-5-10-18-53)54-19-11-6-12-20-54)43-62(66)63-44-59(38-40-67(63)73)72(55-21-13-7-14-22-55)56-23-15-8-16-24-56/h5-45H,1-4H3. The van der Waals surface area contributed by atoms with Crippen molar-refractivity contribution in [3.8, 4) is 50.7 Å². The molecule has 73 heavy (non-hydrogen) atoms. The first kappa shape index (κ1) is 44.9. The van der Waals surface area contributed by atoms with Crippen LogP contribution in [0.1, 0.15) is 22.3 Å². The first-order valence-electron chi connectivity index (χ1n) is 25.0. The summed E-state index contributed by atoms with van der Waals surface area (Å²) in [5, 5.41) is 2.33. The smallest absolute Gasteiger partial charge is 0.160 e. The van der Waals surface area contributed by atoms with Gasteiger partial charge in [0, 0.05) is 67.3 Å². The van der Waals surface area contributed by atoms with Crippen LogP contribution in [-0.2, 0) is 0 Å². The van der Waals surface area contributed by atoms with Crippen molar-refractivity contribution in [2.45, 2.75) is 27.7 Å². The first-order chi connectivity index (χ1) is 35.8. The van der Waals surface area contributed by atoms with Crippen LogP contribution in [0.4, 0.5) is 34.1 Å². The Morgan fingerprint density at radius 3 is 1.18 bits per heavy atom. The number of para-hydroxylation sites is 4. The Morgan fingerprint density at radius 2 is 0.712 bits per heavy atom. The van der Waals surface area contributed by atoms with Crippen LogP contribution in [0.2, 0.25) is 0 Å². The van der Waals surface area contributed by atoms with Gasteiger partial charge >= 0.3 is 0 Å². The van der Waals surface area contributed by atoms with E-state index < -0.39 is 0 Å². The van der Waals surface area contributed by atoms with Crippen molar-refractivity contribution in [3.05, 3.63) is 271 Å². The number of hydrogen-bond acceptors (Lipinski definition) is 4. The van der Waals surface area contributed by atoms with E-state index in [2.05, 4.69) is 291 Å². The molecule has 2 aromatic heterocycles. The molecule has 5 heteroatoms. The largest absolute Gasteiger partial charge is 0.310 e. The zero-order valence-corrected chi connectivity index (χ0v) is 41.4. The number of nitrogens with zero attached hydrogens (tertiary/aromatic N) is 5. The molecule has 0 aliphatic rings. The van der Waals surface area contributed by atoms with Crippen LogP contribution in [0.5, 0.6) is 0 Å². The Kier molecular flexibility index (Phi) is 11.7. The molecule has 0 amide bonds. The maximum Gasteiger partial charge on any atom is 0.160 e. The van der Waals surface area contributed by atoms with E-state index in [0.29, 0.717) is 0 Å². The molecule has 0 radical (unpaired) electrons. The maximum atomic E-state index is 5.21. The SMILES string of the molecule is Cc1ccc(-c2cc(-c3cc(C)c(-c4ccc(-n5c6ccc(N(c7ccccc7)c7ccccc7)cc6c6cc(N(c7ccccc7)c7ccccc7)ccc65)cc4)cc3C)nc(-c3ccc(C)cc3)n2)cc1. The molecular weight excluding hydrogens is 887 g/mol. The highest BCUT2D eigenvalue weighted by molar-refractivity contribution is 6.12. The summed E-state index contributed by atoms with van der Waals surface area (Å²) in [5.41, 5.74) is 22.0. The van der Waals surface area contributed by atoms with Gasteiger partial charge in [-0.3, -0.25) is 0 Å². The van der Waals surface area contributed by atoms with Gasteiger partial charge in [0.1, 0.15) is 0 Å². The van der Waals surface area contributed by atoms with Gasteiger partial charge in [-0.2, -0.15) is 0 Å². The summed E-state index contributed by atoms with van der Waals surface area (Å²) in [6, 6.07) is 89.2. The van der Waals surface area contributed by atoms with Crippen LogP contribution < -0.4 is 9.80 Å². The molecule has 5 nitrogen and oxygen atoms in total. The lowest BCUT2D eigenvalue weighted by atomic mass is 9.93. The van der Waals surface area contributed by atoms with Gasteiger partial charge in [0.15, 0.2) is 5.82 Å². The number of hydrogen-bond donors (Lipinski definition) is 0. The molecule has 0 bridgehead atoms. The van der Waals surface area contributed by atoms with Crippen molar-refractivity contribution in [2.24, 2.45) is 0 Å². The van der Waals surface area contributed by atoms with Crippen LogP contribution in [0.25, 0.3) is 72.5 Å². The average molecular weight is 940 g/mol. The van der Waals surface area contributed by atoms with E-state index >= 15 is 0 Å². The van der Waals surface area contributed by atoms with Gasteiger partial charge in [-0.15, -0.1) is 0 Å². The maximum absolute atomic E-state index is 5.21. The fourth-order valence-electron chi connectivity index (χ4n) is 10.2. The third-order valence-corrected chi connectivity index (χ3v) is 14.0. The summed E-state index contributed by atoms with van der Waals surface area (Å²) in [4.78, 5) is 15.0. The quantitative estimate of drug-likeness (QED) is 0.129. The molecule has 12 aromatic rings. The molecule has 10 aromatic carbocycles. The molecule has 0 N–H and O–H groups in total. The molecule has 2 heterocycles. The van der Waals surface area contributed by atoms with E-state index in [1.165, 1.54) is 33.0 Å². The number of benzene rings is 10. The average Bonchev–Trinajstić information content (AvgIpc) is 3.76. The molecular formula is C68H53N5. The number of rotatable bonds is 11. The fraction of sp³-hybridized carbons (Fsp3) is 0.0588. The van der Waals surface area contributed by atoms with Crippen molar-refractivity contribution in [1.82, 2.24) is 14.5 Å². The molecule has 0 aliphatic heterocycles. The van der Waals surface area contributed by atoms with Gasteiger partial charge in [-0.05, 0) is 159 Å². The number of aryl methyl sites for hydroxylation is 4. The Balaban J connectivity index is 0.970. The highest BCUT2D eigenvalue weighted by Gasteiger charge is 2.21. The Bertz CT molecular complexity index is 3620. The minimum Gasteiger partial charge on any atom is -0.310 e. The van der Waals surface area contributed by atoms with Crippen molar-refractivity contribution >= 4 is 55.9 Å². The molecule has 0 spiro atoms. The third-order valence-electron chi connectivity index (χ3n) is 14.0. The molecule has 0 saturated heterocycles. The van der Waals surface area contributed by atoms with Crippen LogP contribution >= 0.6 is 0 Å². The van der Waals surface area contributed by atoms with Crippen molar-refractivity contribution in [1.29, 1.82) is 0 Å². The normalized spacial score (nSPS) is 11.3. The lowest BCUT2D eigenvalue weighted by Crippen LogP contribution is -2.09. The second-order valence-corrected chi connectivity index (χ2v) is 19.0. The Morgan fingerprint density at radius 1 is 0.315 bits per heavy atom. The van der Waals surface area contributed by atoms with E-state index in [4.69, 9.17) is 9.97 Å². The third kappa shape index (κ3) is 8.72. The van der Waals surface area contributed by atoms with E-state index in [0.717, 1.165) is 95.9 Å².